The third kappa shape index (κ3) is 4.83. The number of nitrogens with one attached hydrogen (secondary N) is 2. The van der Waals surface area contributed by atoms with Gasteiger partial charge in [0.25, 0.3) is 5.91 Å². The normalized spacial score (nSPS) is 10.7. The molecule has 0 atom stereocenters. The maximum Gasteiger partial charge on any atom is 0.251 e. The molecule has 2 amide bonds. The lowest BCUT2D eigenvalue weighted by molar-refractivity contribution is -0.116. The fourth-order valence-electron chi connectivity index (χ4n) is 3.15. The number of nitrogens with zero attached hydrogens (tertiary/aromatic N) is 3. The molecule has 1 heterocycles. The Kier molecular flexibility index (Phi) is 6.47. The first-order chi connectivity index (χ1) is 14.3. The van der Waals surface area contributed by atoms with E-state index in [-0.39, 0.29) is 24.9 Å². The van der Waals surface area contributed by atoms with Crippen LogP contribution in [0.25, 0.3) is 0 Å². The second-order valence-corrected chi connectivity index (χ2v) is 7.64. The fraction of sp³-hybridized carbons (Fsp3) is 0.273. The molecule has 8 heteroatoms. The van der Waals surface area contributed by atoms with E-state index in [1.807, 2.05) is 57.2 Å². The molecule has 3 rings (SSSR count). The first-order valence-corrected chi connectivity index (χ1v) is 10.0. The second kappa shape index (κ2) is 9.04. The monoisotopic (exact) mass is 423 g/mol. The molecular formula is C22H25N5O2S. The van der Waals surface area contributed by atoms with Crippen LogP contribution < -0.4 is 10.6 Å². The van der Waals surface area contributed by atoms with Gasteiger partial charge < -0.3 is 15.2 Å². The highest BCUT2D eigenvalue weighted by molar-refractivity contribution is 7.71. The van der Waals surface area contributed by atoms with E-state index in [1.165, 1.54) is 4.68 Å². The van der Waals surface area contributed by atoms with Gasteiger partial charge in [-0.15, -0.1) is 0 Å². The first kappa shape index (κ1) is 21.4. The van der Waals surface area contributed by atoms with E-state index in [4.69, 9.17) is 12.2 Å². The Morgan fingerprint density at radius 2 is 1.80 bits per heavy atom. The number of hydrogen-bond donors (Lipinski definition) is 2. The molecule has 0 aliphatic rings. The van der Waals surface area contributed by atoms with Gasteiger partial charge in [-0.3, -0.25) is 9.59 Å². The van der Waals surface area contributed by atoms with Crippen LogP contribution in [0.15, 0.2) is 42.5 Å². The SMILES string of the molecule is Cc1ccc(NC(=O)Cn2nc(CNC(=O)c3ccccc3C)n(C)c2=S)c(C)c1. The van der Waals surface area contributed by atoms with Gasteiger partial charge in [-0.2, -0.15) is 5.10 Å². The molecule has 0 aliphatic carbocycles. The minimum absolute atomic E-state index is 0.00820. The van der Waals surface area contributed by atoms with E-state index >= 15 is 0 Å². The summed E-state index contributed by atoms with van der Waals surface area (Å²) in [5.74, 6) is 0.175. The Morgan fingerprint density at radius 3 is 2.50 bits per heavy atom. The van der Waals surface area contributed by atoms with Crippen LogP contribution in [0.2, 0.25) is 0 Å². The van der Waals surface area contributed by atoms with Crippen molar-refractivity contribution in [3.8, 4) is 0 Å². The summed E-state index contributed by atoms with van der Waals surface area (Å²) in [6, 6.07) is 13.2. The summed E-state index contributed by atoms with van der Waals surface area (Å²) in [6.45, 7) is 6.04. The van der Waals surface area contributed by atoms with Crippen LogP contribution in [0.4, 0.5) is 5.69 Å². The summed E-state index contributed by atoms with van der Waals surface area (Å²) in [4.78, 5) is 24.9. The van der Waals surface area contributed by atoms with Gasteiger partial charge in [0.15, 0.2) is 10.6 Å². The number of benzene rings is 2. The third-order valence-electron chi connectivity index (χ3n) is 4.88. The minimum atomic E-state index is -0.216. The standard InChI is InChI=1S/C22H25N5O2S/c1-14-9-10-18(16(3)11-14)24-20(28)13-27-22(30)26(4)19(25-27)12-23-21(29)17-8-6-5-7-15(17)2/h5-11H,12-13H2,1-4H3,(H,23,29)(H,24,28). The van der Waals surface area contributed by atoms with Gasteiger partial charge in [-0.25, -0.2) is 4.68 Å². The van der Waals surface area contributed by atoms with E-state index in [9.17, 15) is 9.59 Å². The van der Waals surface area contributed by atoms with Crippen molar-refractivity contribution in [2.45, 2.75) is 33.9 Å². The lowest BCUT2D eigenvalue weighted by Crippen LogP contribution is -2.25. The molecule has 0 radical (unpaired) electrons. The van der Waals surface area contributed by atoms with Gasteiger partial charge in [0.05, 0.1) is 6.54 Å². The van der Waals surface area contributed by atoms with Crippen LogP contribution >= 0.6 is 12.2 Å². The zero-order valence-electron chi connectivity index (χ0n) is 17.5. The van der Waals surface area contributed by atoms with Crippen LogP contribution in [-0.4, -0.2) is 26.2 Å². The van der Waals surface area contributed by atoms with E-state index in [0.717, 1.165) is 22.4 Å². The molecule has 0 unspecified atom stereocenters. The fourth-order valence-corrected chi connectivity index (χ4v) is 3.36. The van der Waals surface area contributed by atoms with Crippen LogP contribution in [0.1, 0.15) is 32.9 Å². The summed E-state index contributed by atoms with van der Waals surface area (Å²) in [7, 11) is 1.77. The number of rotatable bonds is 6. The Morgan fingerprint density at radius 1 is 1.07 bits per heavy atom. The molecule has 3 aromatic rings. The molecule has 2 aromatic carbocycles. The van der Waals surface area contributed by atoms with E-state index in [2.05, 4.69) is 15.7 Å². The molecule has 0 saturated carbocycles. The predicted octanol–water partition coefficient (Wildman–Crippen LogP) is 3.45. The maximum atomic E-state index is 12.5. The van der Waals surface area contributed by atoms with Gasteiger partial charge >= 0.3 is 0 Å². The minimum Gasteiger partial charge on any atom is -0.345 e. The van der Waals surface area contributed by atoms with Crippen molar-refractivity contribution >= 4 is 29.7 Å². The molecule has 156 valence electrons. The highest BCUT2D eigenvalue weighted by Gasteiger charge is 2.14. The van der Waals surface area contributed by atoms with Crippen LogP contribution in [0.5, 0.6) is 0 Å². The van der Waals surface area contributed by atoms with Gasteiger partial charge in [0.2, 0.25) is 5.91 Å². The first-order valence-electron chi connectivity index (χ1n) is 9.60. The summed E-state index contributed by atoms with van der Waals surface area (Å²) in [5.41, 5.74) is 4.41. The zero-order chi connectivity index (χ0) is 21.8. The van der Waals surface area contributed by atoms with Crippen molar-refractivity contribution < 1.29 is 9.59 Å². The lowest BCUT2D eigenvalue weighted by atomic mass is 10.1. The summed E-state index contributed by atoms with van der Waals surface area (Å²) in [5, 5.41) is 10.2. The Bertz CT molecular complexity index is 1160. The molecule has 0 fully saturated rings. The topological polar surface area (TPSA) is 81.0 Å². The van der Waals surface area contributed by atoms with Crippen molar-refractivity contribution in [1.29, 1.82) is 0 Å². The van der Waals surface area contributed by atoms with Gasteiger partial charge in [-0.05, 0) is 56.2 Å². The molecule has 0 bridgehead atoms. The van der Waals surface area contributed by atoms with Gasteiger partial charge in [-0.1, -0.05) is 35.9 Å². The molecule has 2 N–H and O–H groups in total. The van der Waals surface area contributed by atoms with Crippen molar-refractivity contribution in [1.82, 2.24) is 19.7 Å². The smallest absolute Gasteiger partial charge is 0.251 e. The molecule has 0 saturated heterocycles. The number of carbonyl (C=O) groups is 2. The van der Waals surface area contributed by atoms with E-state index < -0.39 is 0 Å². The largest absolute Gasteiger partial charge is 0.345 e. The summed E-state index contributed by atoms with van der Waals surface area (Å²) in [6.07, 6.45) is 0. The number of aromatic nitrogens is 3. The average Bonchev–Trinajstić information content (AvgIpc) is 2.96. The summed E-state index contributed by atoms with van der Waals surface area (Å²) < 4.78 is 3.56. The second-order valence-electron chi connectivity index (χ2n) is 7.28. The maximum absolute atomic E-state index is 12.5. The van der Waals surface area contributed by atoms with Crippen LogP contribution in [0.3, 0.4) is 0 Å². The Hall–Kier alpha value is -3.26. The van der Waals surface area contributed by atoms with Gasteiger partial charge in [0, 0.05) is 18.3 Å². The summed E-state index contributed by atoms with van der Waals surface area (Å²) >= 11 is 5.40. The van der Waals surface area contributed by atoms with Crippen LogP contribution in [0, 0.1) is 25.5 Å². The number of hydrogen-bond acceptors (Lipinski definition) is 4. The lowest BCUT2D eigenvalue weighted by Gasteiger charge is -2.09. The molecule has 30 heavy (non-hydrogen) atoms. The quantitative estimate of drug-likeness (QED) is 0.595. The molecule has 0 aliphatic heterocycles. The number of carbonyl (C=O) groups excluding carboxylic acids is 2. The van der Waals surface area contributed by atoms with Crippen molar-refractivity contribution in [2.24, 2.45) is 7.05 Å². The molecule has 7 nitrogen and oxygen atoms in total. The van der Waals surface area contributed by atoms with Crippen molar-refractivity contribution in [3.05, 3.63) is 75.3 Å². The highest BCUT2D eigenvalue weighted by Crippen LogP contribution is 2.16. The van der Waals surface area contributed by atoms with E-state index in [0.29, 0.717) is 16.2 Å². The molecular weight excluding hydrogens is 398 g/mol. The van der Waals surface area contributed by atoms with Gasteiger partial charge in [0.1, 0.15) is 6.54 Å². The Labute approximate surface area is 180 Å². The Balaban J connectivity index is 1.67. The number of anilines is 1. The molecule has 0 spiro atoms. The van der Waals surface area contributed by atoms with E-state index in [1.54, 1.807) is 17.7 Å². The highest BCUT2D eigenvalue weighted by atomic mass is 32.1. The molecule has 1 aromatic heterocycles. The average molecular weight is 424 g/mol. The van der Waals surface area contributed by atoms with Crippen molar-refractivity contribution in [3.63, 3.8) is 0 Å². The number of amides is 2. The predicted molar refractivity (Wildman–Crippen MR) is 119 cm³/mol. The van der Waals surface area contributed by atoms with Crippen LogP contribution in [-0.2, 0) is 24.9 Å². The van der Waals surface area contributed by atoms with Crippen molar-refractivity contribution in [2.75, 3.05) is 5.32 Å². The third-order valence-corrected chi connectivity index (χ3v) is 5.36. The number of aryl methyl sites for hydroxylation is 3. The zero-order valence-corrected chi connectivity index (χ0v) is 18.3.